The van der Waals surface area contributed by atoms with E-state index in [0.717, 1.165) is 0 Å². The van der Waals surface area contributed by atoms with Crippen molar-refractivity contribution in [1.29, 1.82) is 0 Å². The summed E-state index contributed by atoms with van der Waals surface area (Å²) in [4.78, 5) is 21.8. The van der Waals surface area contributed by atoms with E-state index in [2.05, 4.69) is 0 Å². The van der Waals surface area contributed by atoms with Crippen LogP contribution >= 0.6 is 0 Å². The van der Waals surface area contributed by atoms with E-state index in [-0.39, 0.29) is 12.8 Å². The zero-order valence-corrected chi connectivity index (χ0v) is 10.7. The van der Waals surface area contributed by atoms with Gasteiger partial charge < -0.3 is 21.7 Å². The van der Waals surface area contributed by atoms with Crippen LogP contribution in [-0.4, -0.2) is 33.7 Å². The summed E-state index contributed by atoms with van der Waals surface area (Å²) in [5.74, 6) is -2.20. The Morgan fingerprint density at radius 2 is 1.79 bits per heavy atom. The molecular weight excluding hydrogens is 248 g/mol. The van der Waals surface area contributed by atoms with Gasteiger partial charge in [-0.05, 0) is 24.5 Å². The van der Waals surface area contributed by atoms with E-state index >= 15 is 0 Å². The van der Waals surface area contributed by atoms with Crippen molar-refractivity contribution in [2.75, 3.05) is 0 Å². The van der Waals surface area contributed by atoms with Crippen molar-refractivity contribution in [1.82, 2.24) is 0 Å². The Morgan fingerprint density at radius 3 is 2.26 bits per heavy atom. The van der Waals surface area contributed by atoms with Crippen molar-refractivity contribution in [3.63, 3.8) is 0 Å². The average molecular weight is 266 g/mol. The van der Waals surface area contributed by atoms with Crippen LogP contribution in [0.2, 0.25) is 0 Å². The van der Waals surface area contributed by atoms with Crippen LogP contribution in [0.25, 0.3) is 0 Å². The van der Waals surface area contributed by atoms with E-state index < -0.39 is 23.5 Å². The third kappa shape index (κ3) is 4.04. The normalized spacial score (nSPS) is 15.5. The third-order valence-corrected chi connectivity index (χ3v) is 2.92. The first-order valence-corrected chi connectivity index (χ1v) is 5.81. The topological polar surface area (TPSA) is 127 Å². The lowest BCUT2D eigenvalue weighted by atomic mass is 9.89. The van der Waals surface area contributed by atoms with Crippen molar-refractivity contribution >= 4 is 11.9 Å². The molecule has 104 valence electrons. The van der Waals surface area contributed by atoms with Gasteiger partial charge in [0.2, 0.25) is 0 Å². The molecule has 6 heteroatoms. The molecule has 6 N–H and O–H groups in total. The molecule has 0 saturated heterocycles. The number of nitrogens with two attached hydrogens (primary N) is 2. The first-order chi connectivity index (χ1) is 8.74. The second-order valence-electron chi connectivity index (χ2n) is 4.82. The highest BCUT2D eigenvalue weighted by Gasteiger charge is 2.29. The zero-order chi connectivity index (χ0) is 14.6. The number of carboxylic acid groups (broad SMARTS) is 2. The van der Waals surface area contributed by atoms with Crippen molar-refractivity contribution in [2.24, 2.45) is 11.5 Å². The molecule has 0 fully saturated rings. The van der Waals surface area contributed by atoms with Gasteiger partial charge in [-0.1, -0.05) is 24.3 Å². The molecule has 1 aromatic carbocycles. The van der Waals surface area contributed by atoms with E-state index in [4.69, 9.17) is 21.7 Å². The molecule has 0 unspecified atom stereocenters. The lowest BCUT2D eigenvalue weighted by Gasteiger charge is -2.21. The largest absolute Gasteiger partial charge is 0.480 e. The van der Waals surface area contributed by atoms with E-state index in [1.807, 2.05) is 0 Å². The van der Waals surface area contributed by atoms with Gasteiger partial charge in [-0.2, -0.15) is 0 Å². The summed E-state index contributed by atoms with van der Waals surface area (Å²) in [6.07, 6.45) is 0.256. The first-order valence-electron chi connectivity index (χ1n) is 5.81. The molecule has 0 aliphatic heterocycles. The lowest BCUT2D eigenvalue weighted by molar-refractivity contribution is -0.142. The Labute approximate surface area is 111 Å². The SMILES string of the molecule is C[C@](N)(Cc1ccccc1C[C@H](N)C(=O)O)C(=O)O. The molecule has 0 aliphatic carbocycles. The Kier molecular flexibility index (Phi) is 4.63. The van der Waals surface area contributed by atoms with Crippen molar-refractivity contribution in [3.8, 4) is 0 Å². The summed E-state index contributed by atoms with van der Waals surface area (Å²) >= 11 is 0. The van der Waals surface area contributed by atoms with Gasteiger partial charge in [0.15, 0.2) is 0 Å². The Morgan fingerprint density at radius 1 is 1.26 bits per heavy atom. The Balaban J connectivity index is 2.96. The number of carboxylic acids is 2. The molecule has 2 atom stereocenters. The monoisotopic (exact) mass is 266 g/mol. The lowest BCUT2D eigenvalue weighted by Crippen LogP contribution is -2.47. The fourth-order valence-corrected chi connectivity index (χ4v) is 1.72. The van der Waals surface area contributed by atoms with Crippen LogP contribution in [0.15, 0.2) is 24.3 Å². The van der Waals surface area contributed by atoms with Crippen molar-refractivity contribution < 1.29 is 19.8 Å². The molecule has 0 aromatic heterocycles. The van der Waals surface area contributed by atoms with Crippen LogP contribution in [0, 0.1) is 0 Å². The van der Waals surface area contributed by atoms with E-state index in [9.17, 15) is 9.59 Å². The fourth-order valence-electron chi connectivity index (χ4n) is 1.72. The summed E-state index contributed by atoms with van der Waals surface area (Å²) in [6, 6.07) is 5.95. The van der Waals surface area contributed by atoms with Gasteiger partial charge >= 0.3 is 11.9 Å². The highest BCUT2D eigenvalue weighted by atomic mass is 16.4. The summed E-state index contributed by atoms with van der Waals surface area (Å²) < 4.78 is 0. The van der Waals surface area contributed by atoms with Gasteiger partial charge in [0.25, 0.3) is 0 Å². The van der Waals surface area contributed by atoms with Crippen LogP contribution in [0.1, 0.15) is 18.1 Å². The third-order valence-electron chi connectivity index (χ3n) is 2.92. The van der Waals surface area contributed by atoms with Crippen LogP contribution in [0.3, 0.4) is 0 Å². The number of benzene rings is 1. The van der Waals surface area contributed by atoms with Crippen molar-refractivity contribution in [2.45, 2.75) is 31.3 Å². The number of hydrogen-bond acceptors (Lipinski definition) is 4. The second-order valence-corrected chi connectivity index (χ2v) is 4.82. The molecule has 1 aromatic rings. The molecule has 1 rings (SSSR count). The summed E-state index contributed by atoms with van der Waals surface area (Å²) in [7, 11) is 0. The fraction of sp³-hybridized carbons (Fsp3) is 0.385. The van der Waals surface area contributed by atoms with Gasteiger partial charge in [-0.25, -0.2) is 0 Å². The summed E-state index contributed by atoms with van der Waals surface area (Å²) in [5, 5.41) is 17.8. The maximum atomic E-state index is 11.0. The average Bonchev–Trinajstić information content (AvgIpc) is 2.30. The van der Waals surface area contributed by atoms with E-state index in [1.54, 1.807) is 24.3 Å². The molecular formula is C13H18N2O4. The predicted octanol–water partition coefficient (Wildman–Crippen LogP) is -0.0145. The van der Waals surface area contributed by atoms with Crippen molar-refractivity contribution in [3.05, 3.63) is 35.4 Å². The summed E-state index contributed by atoms with van der Waals surface area (Å²) in [6.45, 7) is 1.42. The minimum absolute atomic E-state index is 0.116. The molecule has 0 amide bonds. The van der Waals surface area contributed by atoms with Crippen LogP contribution in [0.4, 0.5) is 0 Å². The second kappa shape index (κ2) is 5.81. The number of rotatable bonds is 6. The summed E-state index contributed by atoms with van der Waals surface area (Å²) in [5.41, 5.74) is 11.2. The Bertz CT molecular complexity index is 485. The molecule has 6 nitrogen and oxygen atoms in total. The minimum Gasteiger partial charge on any atom is -0.480 e. The maximum Gasteiger partial charge on any atom is 0.323 e. The number of carbonyl (C=O) groups is 2. The van der Waals surface area contributed by atoms with Crippen LogP contribution in [0.5, 0.6) is 0 Å². The first kappa shape index (κ1) is 15.1. The maximum absolute atomic E-state index is 11.0. The van der Waals surface area contributed by atoms with E-state index in [0.29, 0.717) is 11.1 Å². The van der Waals surface area contributed by atoms with Gasteiger partial charge in [-0.3, -0.25) is 9.59 Å². The highest BCUT2D eigenvalue weighted by Crippen LogP contribution is 2.17. The number of hydrogen-bond donors (Lipinski definition) is 4. The smallest absolute Gasteiger partial charge is 0.323 e. The predicted molar refractivity (Wildman–Crippen MR) is 69.7 cm³/mol. The van der Waals surface area contributed by atoms with E-state index in [1.165, 1.54) is 6.92 Å². The molecule has 0 saturated carbocycles. The Hall–Kier alpha value is -1.92. The van der Waals surface area contributed by atoms with Crippen LogP contribution < -0.4 is 11.5 Å². The zero-order valence-electron chi connectivity index (χ0n) is 10.7. The molecule has 0 radical (unpaired) electrons. The van der Waals surface area contributed by atoms with Crippen LogP contribution in [-0.2, 0) is 22.4 Å². The molecule has 0 aliphatic rings. The number of aliphatic carboxylic acids is 2. The standard InChI is InChI=1S/C13H18N2O4/c1-13(15,12(18)19)7-9-5-3-2-4-8(9)6-10(14)11(16)17/h2-5,10H,6-7,14-15H2,1H3,(H,16,17)(H,18,19)/t10-,13-/m0/s1. The van der Waals surface area contributed by atoms with Gasteiger partial charge in [0.05, 0.1) is 0 Å². The quantitative estimate of drug-likeness (QED) is 0.573. The van der Waals surface area contributed by atoms with Gasteiger partial charge in [0, 0.05) is 6.42 Å². The van der Waals surface area contributed by atoms with Gasteiger partial charge in [0.1, 0.15) is 11.6 Å². The minimum atomic E-state index is -1.40. The highest BCUT2D eigenvalue weighted by molar-refractivity contribution is 5.78. The molecule has 19 heavy (non-hydrogen) atoms. The molecule has 0 bridgehead atoms. The van der Waals surface area contributed by atoms with Gasteiger partial charge in [-0.15, -0.1) is 0 Å². The molecule has 0 heterocycles. The molecule has 0 spiro atoms.